The molecule has 0 aliphatic carbocycles. The van der Waals surface area contributed by atoms with Gasteiger partial charge in [0.05, 0.1) is 6.04 Å². The largest absolute Gasteiger partial charge is 0.385 e. The maximum atomic E-state index is 11.6. The molecule has 0 aromatic heterocycles. The van der Waals surface area contributed by atoms with Crippen LogP contribution in [0.5, 0.6) is 0 Å². The van der Waals surface area contributed by atoms with E-state index in [1.165, 1.54) is 0 Å². The number of hydrogen-bond donors (Lipinski definition) is 2. The third-order valence-electron chi connectivity index (χ3n) is 2.38. The SMILES string of the molecule is COCCC(N)C(=O)NCc1ccccc1Cl. The van der Waals surface area contributed by atoms with Crippen LogP contribution in [-0.4, -0.2) is 25.7 Å². The standard InChI is InChI=1S/C12H17ClN2O2/c1-17-7-6-11(14)12(16)15-8-9-4-2-3-5-10(9)13/h2-5,11H,6-8,14H2,1H3,(H,15,16). The maximum Gasteiger partial charge on any atom is 0.237 e. The van der Waals surface area contributed by atoms with Crippen molar-refractivity contribution in [2.24, 2.45) is 5.73 Å². The van der Waals surface area contributed by atoms with Crippen molar-refractivity contribution in [3.05, 3.63) is 34.9 Å². The average Bonchev–Trinajstić information content (AvgIpc) is 2.34. The van der Waals surface area contributed by atoms with Crippen molar-refractivity contribution in [2.45, 2.75) is 19.0 Å². The Kier molecular flexibility index (Phi) is 5.97. The Labute approximate surface area is 106 Å². The molecular weight excluding hydrogens is 240 g/mol. The van der Waals surface area contributed by atoms with Crippen LogP contribution >= 0.6 is 11.6 Å². The highest BCUT2D eigenvalue weighted by atomic mass is 35.5. The Morgan fingerprint density at radius 1 is 1.53 bits per heavy atom. The Morgan fingerprint density at radius 3 is 2.88 bits per heavy atom. The monoisotopic (exact) mass is 256 g/mol. The van der Waals surface area contributed by atoms with Gasteiger partial charge in [0.15, 0.2) is 0 Å². The fraction of sp³-hybridized carbons (Fsp3) is 0.417. The number of methoxy groups -OCH3 is 1. The van der Waals surface area contributed by atoms with Crippen LogP contribution in [0.2, 0.25) is 5.02 Å². The summed E-state index contributed by atoms with van der Waals surface area (Å²) in [4.78, 5) is 11.6. The molecule has 0 saturated carbocycles. The number of carbonyl (C=O) groups is 1. The fourth-order valence-electron chi connectivity index (χ4n) is 1.33. The number of amides is 1. The summed E-state index contributed by atoms with van der Waals surface area (Å²) in [7, 11) is 1.58. The van der Waals surface area contributed by atoms with E-state index in [0.717, 1.165) is 5.56 Å². The molecule has 0 fully saturated rings. The normalized spacial score (nSPS) is 12.2. The lowest BCUT2D eigenvalue weighted by Gasteiger charge is -2.12. The van der Waals surface area contributed by atoms with Gasteiger partial charge in [-0.05, 0) is 18.1 Å². The lowest BCUT2D eigenvalue weighted by Crippen LogP contribution is -2.40. The van der Waals surface area contributed by atoms with Crippen molar-refractivity contribution in [2.75, 3.05) is 13.7 Å². The van der Waals surface area contributed by atoms with E-state index >= 15 is 0 Å². The molecule has 5 heteroatoms. The first-order chi connectivity index (χ1) is 8.15. The van der Waals surface area contributed by atoms with Gasteiger partial charge in [-0.2, -0.15) is 0 Å². The van der Waals surface area contributed by atoms with Crippen LogP contribution in [0, 0.1) is 0 Å². The Morgan fingerprint density at radius 2 is 2.24 bits per heavy atom. The van der Waals surface area contributed by atoms with Crippen LogP contribution < -0.4 is 11.1 Å². The number of nitrogens with one attached hydrogen (secondary N) is 1. The second-order valence-electron chi connectivity index (χ2n) is 3.70. The fourth-order valence-corrected chi connectivity index (χ4v) is 1.53. The molecular formula is C12H17ClN2O2. The van der Waals surface area contributed by atoms with Crippen molar-refractivity contribution in [1.82, 2.24) is 5.32 Å². The van der Waals surface area contributed by atoms with Crippen molar-refractivity contribution in [3.63, 3.8) is 0 Å². The highest BCUT2D eigenvalue weighted by molar-refractivity contribution is 6.31. The molecule has 1 aromatic rings. The van der Waals surface area contributed by atoms with Gasteiger partial charge in [0, 0.05) is 25.3 Å². The van der Waals surface area contributed by atoms with Crippen molar-refractivity contribution in [3.8, 4) is 0 Å². The van der Waals surface area contributed by atoms with Gasteiger partial charge in [-0.3, -0.25) is 4.79 Å². The number of ether oxygens (including phenoxy) is 1. The van der Waals surface area contributed by atoms with Gasteiger partial charge in [0.1, 0.15) is 0 Å². The molecule has 0 aliphatic heterocycles. The smallest absolute Gasteiger partial charge is 0.237 e. The van der Waals surface area contributed by atoms with E-state index < -0.39 is 6.04 Å². The first kappa shape index (κ1) is 14.0. The van der Waals surface area contributed by atoms with Crippen LogP contribution in [0.1, 0.15) is 12.0 Å². The predicted octanol–water partition coefficient (Wildman–Crippen LogP) is 1.32. The van der Waals surface area contributed by atoms with E-state index in [2.05, 4.69) is 5.32 Å². The van der Waals surface area contributed by atoms with Gasteiger partial charge in [-0.25, -0.2) is 0 Å². The lowest BCUT2D eigenvalue weighted by atomic mass is 10.2. The summed E-state index contributed by atoms with van der Waals surface area (Å²) in [5, 5.41) is 3.38. The first-order valence-electron chi connectivity index (χ1n) is 5.40. The van der Waals surface area contributed by atoms with Gasteiger partial charge in [0.2, 0.25) is 5.91 Å². The summed E-state index contributed by atoms with van der Waals surface area (Å²) in [5.41, 5.74) is 6.56. The molecule has 94 valence electrons. The number of nitrogens with two attached hydrogens (primary N) is 1. The summed E-state index contributed by atoms with van der Waals surface area (Å²) in [6, 6.07) is 6.82. The molecule has 1 rings (SSSR count). The quantitative estimate of drug-likeness (QED) is 0.807. The summed E-state index contributed by atoms with van der Waals surface area (Å²) >= 11 is 5.97. The molecule has 4 nitrogen and oxygen atoms in total. The van der Waals surface area contributed by atoms with E-state index in [-0.39, 0.29) is 5.91 Å². The van der Waals surface area contributed by atoms with Gasteiger partial charge >= 0.3 is 0 Å². The highest BCUT2D eigenvalue weighted by Gasteiger charge is 2.12. The number of hydrogen-bond acceptors (Lipinski definition) is 3. The lowest BCUT2D eigenvalue weighted by molar-refractivity contribution is -0.122. The summed E-state index contributed by atoms with van der Waals surface area (Å²) in [6.45, 7) is 0.861. The van der Waals surface area contributed by atoms with E-state index in [4.69, 9.17) is 22.1 Å². The third kappa shape index (κ3) is 4.73. The maximum absolute atomic E-state index is 11.6. The van der Waals surface area contributed by atoms with Crippen LogP contribution in [0.3, 0.4) is 0 Å². The van der Waals surface area contributed by atoms with Crippen molar-refractivity contribution < 1.29 is 9.53 Å². The molecule has 0 aliphatic rings. The van der Waals surface area contributed by atoms with Gasteiger partial charge < -0.3 is 15.8 Å². The molecule has 0 spiro atoms. The number of rotatable bonds is 6. The van der Waals surface area contributed by atoms with Crippen LogP contribution in [0.15, 0.2) is 24.3 Å². The molecule has 1 unspecified atom stereocenters. The molecule has 0 bridgehead atoms. The summed E-state index contributed by atoms with van der Waals surface area (Å²) < 4.78 is 4.86. The van der Waals surface area contributed by atoms with Gasteiger partial charge in [-0.1, -0.05) is 29.8 Å². The number of carbonyl (C=O) groups excluding carboxylic acids is 1. The van der Waals surface area contributed by atoms with Crippen molar-refractivity contribution >= 4 is 17.5 Å². The molecule has 0 heterocycles. The second-order valence-corrected chi connectivity index (χ2v) is 4.10. The Hall–Kier alpha value is -1.10. The van der Waals surface area contributed by atoms with Crippen LogP contribution in [0.4, 0.5) is 0 Å². The molecule has 1 aromatic carbocycles. The van der Waals surface area contributed by atoms with Crippen LogP contribution in [0.25, 0.3) is 0 Å². The van der Waals surface area contributed by atoms with E-state index in [9.17, 15) is 4.79 Å². The summed E-state index contributed by atoms with van der Waals surface area (Å²) in [6.07, 6.45) is 0.505. The topological polar surface area (TPSA) is 64.3 Å². The summed E-state index contributed by atoms with van der Waals surface area (Å²) in [5.74, 6) is -0.193. The van der Waals surface area contributed by atoms with Crippen LogP contribution in [-0.2, 0) is 16.1 Å². The van der Waals surface area contributed by atoms with Gasteiger partial charge in [-0.15, -0.1) is 0 Å². The minimum atomic E-state index is -0.544. The van der Waals surface area contributed by atoms with Gasteiger partial charge in [0.25, 0.3) is 0 Å². The van der Waals surface area contributed by atoms with Crippen molar-refractivity contribution in [1.29, 1.82) is 0 Å². The first-order valence-corrected chi connectivity index (χ1v) is 5.78. The highest BCUT2D eigenvalue weighted by Crippen LogP contribution is 2.14. The number of benzene rings is 1. The third-order valence-corrected chi connectivity index (χ3v) is 2.75. The van der Waals surface area contributed by atoms with E-state index in [1.807, 2.05) is 18.2 Å². The zero-order valence-electron chi connectivity index (χ0n) is 9.78. The molecule has 0 saturated heterocycles. The molecule has 0 radical (unpaired) electrons. The zero-order valence-corrected chi connectivity index (χ0v) is 10.5. The predicted molar refractivity (Wildman–Crippen MR) is 67.8 cm³/mol. The molecule has 1 amide bonds. The van der Waals surface area contributed by atoms with E-state index in [1.54, 1.807) is 13.2 Å². The second kappa shape index (κ2) is 7.27. The molecule has 3 N–H and O–H groups in total. The molecule has 1 atom stereocenters. The zero-order chi connectivity index (χ0) is 12.7. The minimum Gasteiger partial charge on any atom is -0.385 e. The Balaban J connectivity index is 2.40. The average molecular weight is 257 g/mol. The Bertz CT molecular complexity index is 371. The number of halogens is 1. The molecule has 17 heavy (non-hydrogen) atoms. The van der Waals surface area contributed by atoms with E-state index in [0.29, 0.717) is 24.6 Å². The minimum absolute atomic E-state index is 0.193.